The molecule has 2 nitrogen and oxygen atoms in total. The van der Waals surface area contributed by atoms with Gasteiger partial charge in [0.1, 0.15) is 0 Å². The molecule has 0 radical (unpaired) electrons. The molecule has 0 aromatic rings. The van der Waals surface area contributed by atoms with Gasteiger partial charge in [0.05, 0.1) is 5.71 Å². The lowest BCUT2D eigenvalue weighted by Gasteiger charge is -1.94. The summed E-state index contributed by atoms with van der Waals surface area (Å²) in [6, 6.07) is 0. The molecule has 0 atom stereocenters. The summed E-state index contributed by atoms with van der Waals surface area (Å²) in [6.07, 6.45) is 5.13. The van der Waals surface area contributed by atoms with Gasteiger partial charge in [-0.1, -0.05) is 26.7 Å². The topological polar surface area (TPSA) is 29.4 Å². The van der Waals surface area contributed by atoms with E-state index < -0.39 is 0 Å². The maximum atomic E-state index is 10.3. The Bertz CT molecular complexity index is 130. The van der Waals surface area contributed by atoms with E-state index in [1.165, 1.54) is 12.8 Å². The molecule has 0 saturated carbocycles. The monoisotopic (exact) mass is 155 g/mol. The number of carbonyl (C=O) groups excluding carboxylic acids is 1. The lowest BCUT2D eigenvalue weighted by atomic mass is 10.2. The number of aldehydes is 1. The second-order valence-corrected chi connectivity index (χ2v) is 2.55. The van der Waals surface area contributed by atoms with E-state index in [1.54, 1.807) is 0 Å². The highest BCUT2D eigenvalue weighted by Gasteiger charge is 1.90. The minimum absolute atomic E-state index is 0.695. The number of unbranched alkanes of at least 4 members (excludes halogenated alkanes) is 2. The van der Waals surface area contributed by atoms with Crippen LogP contribution >= 0.6 is 0 Å². The molecule has 0 N–H and O–H groups in total. The Morgan fingerprint density at radius 3 is 2.55 bits per heavy atom. The van der Waals surface area contributed by atoms with Crippen LogP contribution in [0.2, 0.25) is 0 Å². The highest BCUT2D eigenvalue weighted by atomic mass is 16.1. The summed E-state index contributed by atoms with van der Waals surface area (Å²) in [6.45, 7) is 4.92. The predicted octanol–water partition coefficient (Wildman–Crippen LogP) is 2.23. The van der Waals surface area contributed by atoms with Gasteiger partial charge in [-0.2, -0.15) is 0 Å². The van der Waals surface area contributed by atoms with Gasteiger partial charge in [0.25, 0.3) is 0 Å². The van der Waals surface area contributed by atoms with Crippen LogP contribution in [-0.2, 0) is 4.79 Å². The SMILES string of the molecule is CCCCC/N=C(/C=O)CC. The molecule has 0 aliphatic heterocycles. The van der Waals surface area contributed by atoms with E-state index in [1.807, 2.05) is 6.92 Å². The maximum Gasteiger partial charge on any atom is 0.163 e. The van der Waals surface area contributed by atoms with Gasteiger partial charge in [-0.05, 0) is 12.8 Å². The van der Waals surface area contributed by atoms with Crippen LogP contribution in [0.5, 0.6) is 0 Å². The van der Waals surface area contributed by atoms with E-state index in [4.69, 9.17) is 0 Å². The van der Waals surface area contributed by atoms with Gasteiger partial charge in [0.15, 0.2) is 6.29 Å². The minimum Gasteiger partial charge on any atom is -0.297 e. The second kappa shape index (κ2) is 7.45. The lowest BCUT2D eigenvalue weighted by molar-refractivity contribution is -0.102. The zero-order chi connectivity index (χ0) is 8.53. The molecule has 64 valence electrons. The Labute approximate surface area is 68.7 Å². The number of hydrogen-bond acceptors (Lipinski definition) is 2. The van der Waals surface area contributed by atoms with E-state index >= 15 is 0 Å². The van der Waals surface area contributed by atoms with E-state index in [0.29, 0.717) is 5.71 Å². The van der Waals surface area contributed by atoms with Crippen LogP contribution in [0.4, 0.5) is 0 Å². The molecule has 0 amide bonds. The van der Waals surface area contributed by atoms with Crippen molar-refractivity contribution in [3.63, 3.8) is 0 Å². The highest BCUT2D eigenvalue weighted by molar-refractivity contribution is 6.28. The van der Waals surface area contributed by atoms with Crippen molar-refractivity contribution >= 4 is 12.0 Å². The molecule has 0 aromatic carbocycles. The third-order valence-electron chi connectivity index (χ3n) is 1.57. The third-order valence-corrected chi connectivity index (χ3v) is 1.57. The molecule has 0 fully saturated rings. The van der Waals surface area contributed by atoms with Gasteiger partial charge in [-0.3, -0.25) is 9.79 Å². The van der Waals surface area contributed by atoms with Crippen molar-refractivity contribution in [3.8, 4) is 0 Å². The Morgan fingerprint density at radius 2 is 2.09 bits per heavy atom. The molecule has 0 heterocycles. The zero-order valence-electron chi connectivity index (χ0n) is 7.47. The molecule has 0 saturated heterocycles. The standard InChI is InChI=1S/C9H17NO/c1-3-5-6-7-10-9(4-2)8-11/h8H,3-7H2,1-2H3/b10-9+. The minimum atomic E-state index is 0.695. The van der Waals surface area contributed by atoms with Gasteiger partial charge in [0, 0.05) is 6.54 Å². The molecule has 0 rings (SSSR count). The van der Waals surface area contributed by atoms with Crippen LogP contribution in [0.1, 0.15) is 39.5 Å². The fourth-order valence-electron chi connectivity index (χ4n) is 0.817. The summed E-state index contributed by atoms with van der Waals surface area (Å²) in [5.74, 6) is 0. The fraction of sp³-hybridized carbons (Fsp3) is 0.778. The number of hydrogen-bond donors (Lipinski definition) is 0. The van der Waals surface area contributed by atoms with E-state index in [-0.39, 0.29) is 0 Å². The van der Waals surface area contributed by atoms with Crippen molar-refractivity contribution in [3.05, 3.63) is 0 Å². The van der Waals surface area contributed by atoms with Gasteiger partial charge < -0.3 is 0 Å². The molecule has 0 unspecified atom stereocenters. The van der Waals surface area contributed by atoms with Crippen molar-refractivity contribution in [1.29, 1.82) is 0 Å². The van der Waals surface area contributed by atoms with Gasteiger partial charge in [0.2, 0.25) is 0 Å². The van der Waals surface area contributed by atoms with Gasteiger partial charge in [-0.15, -0.1) is 0 Å². The zero-order valence-corrected chi connectivity index (χ0v) is 7.47. The predicted molar refractivity (Wildman–Crippen MR) is 48.2 cm³/mol. The van der Waals surface area contributed by atoms with Crippen LogP contribution < -0.4 is 0 Å². The van der Waals surface area contributed by atoms with Crippen LogP contribution in [0.15, 0.2) is 4.99 Å². The van der Waals surface area contributed by atoms with Crippen molar-refractivity contribution < 1.29 is 4.79 Å². The van der Waals surface area contributed by atoms with Crippen LogP contribution in [-0.4, -0.2) is 18.5 Å². The van der Waals surface area contributed by atoms with Gasteiger partial charge >= 0.3 is 0 Å². The molecular weight excluding hydrogens is 138 g/mol. The molecular formula is C9H17NO. The highest BCUT2D eigenvalue weighted by Crippen LogP contribution is 1.94. The first-order valence-corrected chi connectivity index (χ1v) is 4.33. The summed E-state index contributed by atoms with van der Waals surface area (Å²) in [5.41, 5.74) is 0.695. The molecule has 0 aromatic heterocycles. The average molecular weight is 155 g/mol. The smallest absolute Gasteiger partial charge is 0.163 e. The normalized spacial score (nSPS) is 11.6. The van der Waals surface area contributed by atoms with Crippen molar-refractivity contribution in [1.82, 2.24) is 0 Å². The molecule has 0 aliphatic carbocycles. The maximum absolute atomic E-state index is 10.3. The summed E-state index contributed by atoms with van der Waals surface area (Å²) in [5, 5.41) is 0. The molecule has 2 heteroatoms. The Hall–Kier alpha value is -0.660. The van der Waals surface area contributed by atoms with Crippen LogP contribution in [0.3, 0.4) is 0 Å². The summed E-state index contributed by atoms with van der Waals surface area (Å²) in [7, 11) is 0. The Morgan fingerprint density at radius 1 is 1.36 bits per heavy atom. The van der Waals surface area contributed by atoms with Gasteiger partial charge in [-0.25, -0.2) is 0 Å². The van der Waals surface area contributed by atoms with E-state index in [2.05, 4.69) is 11.9 Å². The first-order chi connectivity index (χ1) is 5.35. The first-order valence-electron chi connectivity index (χ1n) is 4.33. The Kier molecular flexibility index (Phi) is 7.00. The molecule has 0 bridgehead atoms. The van der Waals surface area contributed by atoms with Crippen molar-refractivity contribution in [2.75, 3.05) is 6.54 Å². The number of rotatable bonds is 6. The number of carbonyl (C=O) groups is 1. The fourth-order valence-corrected chi connectivity index (χ4v) is 0.817. The Balaban J connectivity index is 3.44. The average Bonchev–Trinajstić information content (AvgIpc) is 2.05. The van der Waals surface area contributed by atoms with E-state index in [9.17, 15) is 4.79 Å². The van der Waals surface area contributed by atoms with Crippen LogP contribution in [0, 0.1) is 0 Å². The first kappa shape index (κ1) is 10.3. The quantitative estimate of drug-likeness (QED) is 0.328. The molecule has 0 spiro atoms. The van der Waals surface area contributed by atoms with Crippen molar-refractivity contribution in [2.24, 2.45) is 4.99 Å². The lowest BCUT2D eigenvalue weighted by Crippen LogP contribution is -1.98. The number of nitrogens with zero attached hydrogens (tertiary/aromatic N) is 1. The second-order valence-electron chi connectivity index (χ2n) is 2.55. The summed E-state index contributed by atoms with van der Waals surface area (Å²) < 4.78 is 0. The molecule has 0 aliphatic rings. The largest absolute Gasteiger partial charge is 0.297 e. The number of aliphatic imine (C=N–C) groups is 1. The third kappa shape index (κ3) is 5.77. The molecule has 11 heavy (non-hydrogen) atoms. The van der Waals surface area contributed by atoms with E-state index in [0.717, 1.165) is 25.7 Å². The summed E-state index contributed by atoms with van der Waals surface area (Å²) >= 11 is 0. The summed E-state index contributed by atoms with van der Waals surface area (Å²) in [4.78, 5) is 14.4. The van der Waals surface area contributed by atoms with Crippen LogP contribution in [0.25, 0.3) is 0 Å². The van der Waals surface area contributed by atoms with Crippen molar-refractivity contribution in [2.45, 2.75) is 39.5 Å².